The average Bonchev–Trinajstić information content (AvgIpc) is 3.31. The van der Waals surface area contributed by atoms with E-state index in [1.54, 1.807) is 0 Å². The Kier molecular flexibility index (Phi) is 50.0. The van der Waals surface area contributed by atoms with E-state index in [9.17, 15) is 14.4 Å². The normalized spacial score (nSPS) is 13.1. The molecule has 0 bridgehead atoms. The van der Waals surface area contributed by atoms with Crippen LogP contribution in [-0.2, 0) is 28.6 Å². The lowest BCUT2D eigenvalue weighted by atomic mass is 10.0. The minimum absolute atomic E-state index is 0.123. The van der Waals surface area contributed by atoms with Crippen molar-refractivity contribution in [1.29, 1.82) is 0 Å². The molecule has 0 spiro atoms. The molecule has 0 heterocycles. The smallest absolute Gasteiger partial charge is 0.306 e. The number of rotatable bonds is 46. The summed E-state index contributed by atoms with van der Waals surface area (Å²) in [5.41, 5.74) is 0. The number of carbonyl (C=O) groups is 3. The molecule has 0 N–H and O–H groups in total. The van der Waals surface area contributed by atoms with Gasteiger partial charge in [0.1, 0.15) is 13.2 Å². The highest BCUT2D eigenvalue weighted by Crippen LogP contribution is 2.15. The van der Waals surface area contributed by atoms with Crippen molar-refractivity contribution in [3.8, 4) is 0 Å². The summed E-state index contributed by atoms with van der Waals surface area (Å²) in [6.45, 7) is 6.28. The standard InChI is InChI=1S/C60H96O6/c1-4-7-10-13-16-19-22-25-28-30-33-35-38-41-44-47-50-53-59(62)65-56-57(55-64-58(61)52-49-46-43-40-37-34-31-27-24-21-18-15-12-9-6-3)66-60(63)54-51-48-45-42-39-36-32-29-26-23-20-17-14-11-8-5-2/h8-9,11-12,15,17-18,20-21,24,26-27,29,31,34,36-37,39,45,48,57H,4-7,10,13-14,16,19,22-23,25,28,30,32-33,35,38,40-44,46-47,49-56H2,1-3H3/b11-8-,12-9-,18-15-,20-17-,24-21-,29-26-,31-27-,37-34-,39-36-,48-45-. The molecule has 0 aromatic heterocycles. The van der Waals surface area contributed by atoms with Crippen LogP contribution in [0.1, 0.15) is 220 Å². The van der Waals surface area contributed by atoms with Crippen molar-refractivity contribution in [2.75, 3.05) is 13.2 Å². The van der Waals surface area contributed by atoms with Gasteiger partial charge in [-0.2, -0.15) is 0 Å². The number of ether oxygens (including phenoxy) is 3. The predicted molar refractivity (Wildman–Crippen MR) is 283 cm³/mol. The Bertz CT molecular complexity index is 1420. The van der Waals surface area contributed by atoms with Crippen molar-refractivity contribution in [2.45, 2.75) is 226 Å². The quantitative estimate of drug-likeness (QED) is 0.0199. The van der Waals surface area contributed by atoms with E-state index in [-0.39, 0.29) is 31.6 Å². The molecule has 0 fully saturated rings. The van der Waals surface area contributed by atoms with Gasteiger partial charge in [0.25, 0.3) is 0 Å². The van der Waals surface area contributed by atoms with E-state index in [4.69, 9.17) is 14.2 Å². The number of hydrogen-bond donors (Lipinski definition) is 0. The largest absolute Gasteiger partial charge is 0.462 e. The number of hydrogen-bond acceptors (Lipinski definition) is 6. The van der Waals surface area contributed by atoms with Crippen LogP contribution in [0, 0.1) is 0 Å². The fourth-order valence-electron chi connectivity index (χ4n) is 6.92. The zero-order valence-electron chi connectivity index (χ0n) is 42.4. The molecule has 6 nitrogen and oxygen atoms in total. The fourth-order valence-corrected chi connectivity index (χ4v) is 6.92. The van der Waals surface area contributed by atoms with E-state index >= 15 is 0 Å². The molecule has 0 rings (SSSR count). The van der Waals surface area contributed by atoms with Crippen LogP contribution in [0.2, 0.25) is 0 Å². The molecular weight excluding hydrogens is 817 g/mol. The Morgan fingerprint density at radius 3 is 1.14 bits per heavy atom. The monoisotopic (exact) mass is 913 g/mol. The Labute approximate surface area is 405 Å². The van der Waals surface area contributed by atoms with Gasteiger partial charge < -0.3 is 14.2 Å². The highest BCUT2D eigenvalue weighted by Gasteiger charge is 2.19. The second-order valence-electron chi connectivity index (χ2n) is 17.2. The fraction of sp³-hybridized carbons (Fsp3) is 0.617. The molecule has 0 aromatic rings. The molecule has 0 aliphatic carbocycles. The van der Waals surface area contributed by atoms with Gasteiger partial charge in [0.15, 0.2) is 6.10 Å². The summed E-state index contributed by atoms with van der Waals surface area (Å²) < 4.78 is 16.7. The minimum atomic E-state index is -0.837. The summed E-state index contributed by atoms with van der Waals surface area (Å²) in [6.07, 6.45) is 73.4. The van der Waals surface area contributed by atoms with E-state index < -0.39 is 12.1 Å². The van der Waals surface area contributed by atoms with Crippen LogP contribution >= 0.6 is 0 Å². The molecular formula is C60H96O6. The van der Waals surface area contributed by atoms with Crippen LogP contribution in [0.3, 0.4) is 0 Å². The average molecular weight is 913 g/mol. The van der Waals surface area contributed by atoms with Gasteiger partial charge in [0.2, 0.25) is 0 Å². The van der Waals surface area contributed by atoms with Gasteiger partial charge in [-0.3, -0.25) is 14.4 Å². The number of esters is 3. The van der Waals surface area contributed by atoms with Gasteiger partial charge in [0, 0.05) is 19.3 Å². The Morgan fingerprint density at radius 2 is 0.697 bits per heavy atom. The first-order chi connectivity index (χ1) is 32.5. The first-order valence-electron chi connectivity index (χ1n) is 26.6. The molecule has 0 saturated heterocycles. The van der Waals surface area contributed by atoms with Crippen LogP contribution in [0.5, 0.6) is 0 Å². The lowest BCUT2D eigenvalue weighted by Gasteiger charge is -2.18. The highest BCUT2D eigenvalue weighted by molar-refractivity contribution is 5.71. The van der Waals surface area contributed by atoms with Crippen LogP contribution in [0.4, 0.5) is 0 Å². The summed E-state index contributed by atoms with van der Waals surface area (Å²) in [6, 6.07) is 0. The number of unbranched alkanes of at least 4 members (excludes halogenated alkanes) is 19. The molecule has 0 aliphatic heterocycles. The van der Waals surface area contributed by atoms with Gasteiger partial charge in [-0.15, -0.1) is 0 Å². The topological polar surface area (TPSA) is 78.9 Å². The first-order valence-corrected chi connectivity index (χ1v) is 26.6. The molecule has 0 aliphatic rings. The molecule has 372 valence electrons. The van der Waals surface area contributed by atoms with Crippen molar-refractivity contribution in [1.82, 2.24) is 0 Å². The molecule has 6 heteroatoms. The Morgan fingerprint density at radius 1 is 0.333 bits per heavy atom. The minimum Gasteiger partial charge on any atom is -0.462 e. The molecule has 1 unspecified atom stereocenters. The molecule has 0 amide bonds. The summed E-state index contributed by atoms with van der Waals surface area (Å²) in [5.74, 6) is -1.05. The summed E-state index contributed by atoms with van der Waals surface area (Å²) >= 11 is 0. The van der Waals surface area contributed by atoms with Crippen molar-refractivity contribution in [2.24, 2.45) is 0 Å². The van der Waals surface area contributed by atoms with Gasteiger partial charge in [-0.05, 0) is 70.6 Å². The second kappa shape index (κ2) is 53.4. The Hall–Kier alpha value is -4.19. The maximum Gasteiger partial charge on any atom is 0.306 e. The molecule has 0 saturated carbocycles. The third-order valence-electron chi connectivity index (χ3n) is 10.9. The summed E-state index contributed by atoms with van der Waals surface area (Å²) in [4.78, 5) is 38.0. The lowest BCUT2D eigenvalue weighted by molar-refractivity contribution is -0.166. The van der Waals surface area contributed by atoms with Gasteiger partial charge in [-0.1, -0.05) is 251 Å². The van der Waals surface area contributed by atoms with Gasteiger partial charge >= 0.3 is 17.9 Å². The van der Waals surface area contributed by atoms with E-state index in [1.807, 2.05) is 60.8 Å². The third-order valence-corrected chi connectivity index (χ3v) is 10.9. The summed E-state index contributed by atoms with van der Waals surface area (Å²) in [5, 5.41) is 0. The molecule has 0 aromatic carbocycles. The third kappa shape index (κ3) is 50.8. The summed E-state index contributed by atoms with van der Waals surface area (Å²) in [7, 11) is 0. The van der Waals surface area contributed by atoms with E-state index in [2.05, 4.69) is 81.5 Å². The molecule has 1 atom stereocenters. The predicted octanol–water partition coefficient (Wildman–Crippen LogP) is 17.7. The zero-order chi connectivity index (χ0) is 47.9. The van der Waals surface area contributed by atoms with Crippen LogP contribution in [-0.4, -0.2) is 37.2 Å². The van der Waals surface area contributed by atoms with Crippen LogP contribution in [0.15, 0.2) is 122 Å². The van der Waals surface area contributed by atoms with Crippen LogP contribution in [0.25, 0.3) is 0 Å². The van der Waals surface area contributed by atoms with Gasteiger partial charge in [-0.25, -0.2) is 0 Å². The van der Waals surface area contributed by atoms with E-state index in [0.29, 0.717) is 19.3 Å². The highest BCUT2D eigenvalue weighted by atomic mass is 16.6. The van der Waals surface area contributed by atoms with Crippen molar-refractivity contribution < 1.29 is 28.6 Å². The molecule has 0 radical (unpaired) electrons. The second-order valence-corrected chi connectivity index (χ2v) is 17.2. The SMILES string of the molecule is CC\C=C/C=C\C=C/C=C\C=C/CCCCCC(=O)OCC(COC(=O)CCCCCCCCCCCCCCCCCCC)OC(=O)CC/C=C\C/C=C\C/C=C\C/C=C\C/C=C\CC. The molecule has 66 heavy (non-hydrogen) atoms. The van der Waals surface area contributed by atoms with E-state index in [0.717, 1.165) is 83.5 Å². The lowest BCUT2D eigenvalue weighted by Crippen LogP contribution is -2.30. The van der Waals surface area contributed by atoms with Crippen molar-refractivity contribution >= 4 is 17.9 Å². The van der Waals surface area contributed by atoms with Crippen molar-refractivity contribution in [3.05, 3.63) is 122 Å². The van der Waals surface area contributed by atoms with E-state index in [1.165, 1.54) is 89.9 Å². The Balaban J connectivity index is 4.56. The van der Waals surface area contributed by atoms with Gasteiger partial charge in [0.05, 0.1) is 0 Å². The van der Waals surface area contributed by atoms with Crippen molar-refractivity contribution in [3.63, 3.8) is 0 Å². The first kappa shape index (κ1) is 61.8. The number of allylic oxidation sites excluding steroid dienone is 20. The maximum atomic E-state index is 12.8. The van der Waals surface area contributed by atoms with Crippen LogP contribution < -0.4 is 0 Å². The maximum absolute atomic E-state index is 12.8. The zero-order valence-corrected chi connectivity index (χ0v) is 42.4. The number of carbonyl (C=O) groups excluding carboxylic acids is 3.